The Bertz CT molecular complexity index is 605. The summed E-state index contributed by atoms with van der Waals surface area (Å²) in [6.45, 7) is 0.485. The molecule has 1 aromatic carbocycles. The van der Waals surface area contributed by atoms with Gasteiger partial charge in [-0.25, -0.2) is 9.69 Å². The molecule has 2 heterocycles. The quantitative estimate of drug-likeness (QED) is 0.767. The molecular weight excluding hydrogens is 258 g/mol. The lowest BCUT2D eigenvalue weighted by Crippen LogP contribution is -2.48. The highest BCUT2D eigenvalue weighted by Gasteiger charge is 2.50. The Hall–Kier alpha value is -2.39. The van der Waals surface area contributed by atoms with Crippen molar-refractivity contribution in [2.45, 2.75) is 25.0 Å². The maximum atomic E-state index is 12.4. The van der Waals surface area contributed by atoms with Crippen LogP contribution in [0.2, 0.25) is 0 Å². The predicted molar refractivity (Wildman–Crippen MR) is 69.8 cm³/mol. The molecule has 1 aromatic rings. The van der Waals surface area contributed by atoms with Crippen molar-refractivity contribution in [3.63, 3.8) is 0 Å². The summed E-state index contributed by atoms with van der Waals surface area (Å²) in [4.78, 5) is 27.2. The summed E-state index contributed by atoms with van der Waals surface area (Å²) in [5.41, 5.74) is 0.895. The van der Waals surface area contributed by atoms with E-state index in [0.717, 1.165) is 4.90 Å². The Labute approximate surface area is 115 Å². The van der Waals surface area contributed by atoms with Crippen molar-refractivity contribution in [3.8, 4) is 6.07 Å². The molecule has 0 unspecified atom stereocenters. The van der Waals surface area contributed by atoms with Crippen molar-refractivity contribution in [3.05, 3.63) is 29.8 Å². The second-order valence-corrected chi connectivity index (χ2v) is 4.96. The van der Waals surface area contributed by atoms with Gasteiger partial charge in [-0.3, -0.25) is 4.79 Å². The number of carbonyl (C=O) groups excluding carboxylic acids is 2. The summed E-state index contributed by atoms with van der Waals surface area (Å²) in [5.74, 6) is -0.396. The molecule has 20 heavy (non-hydrogen) atoms. The number of fused-ring (bicyclic) bond motifs is 1. The summed E-state index contributed by atoms with van der Waals surface area (Å²) in [5, 5.41) is 18.7. The number of urea groups is 1. The Balaban J connectivity index is 1.95. The van der Waals surface area contributed by atoms with Gasteiger partial charge in [-0.2, -0.15) is 5.26 Å². The molecule has 6 heteroatoms. The number of nitriles is 1. The van der Waals surface area contributed by atoms with Crippen molar-refractivity contribution in [1.29, 1.82) is 5.26 Å². The maximum Gasteiger partial charge on any atom is 0.332 e. The molecule has 2 atom stereocenters. The number of aliphatic hydroxyl groups is 1. The molecule has 0 spiro atoms. The van der Waals surface area contributed by atoms with Gasteiger partial charge in [-0.1, -0.05) is 0 Å². The van der Waals surface area contributed by atoms with Crippen LogP contribution in [0.3, 0.4) is 0 Å². The molecule has 0 radical (unpaired) electrons. The number of imide groups is 1. The average Bonchev–Trinajstić information content (AvgIpc) is 2.72. The monoisotopic (exact) mass is 271 g/mol. The van der Waals surface area contributed by atoms with Gasteiger partial charge in [0.05, 0.1) is 23.4 Å². The molecule has 1 N–H and O–H groups in total. The van der Waals surface area contributed by atoms with Crippen molar-refractivity contribution < 1.29 is 14.7 Å². The zero-order valence-electron chi connectivity index (χ0n) is 10.7. The van der Waals surface area contributed by atoms with Crippen molar-refractivity contribution in [2.24, 2.45) is 0 Å². The number of amides is 3. The van der Waals surface area contributed by atoms with E-state index in [4.69, 9.17) is 5.26 Å². The van der Waals surface area contributed by atoms with Gasteiger partial charge in [0, 0.05) is 6.54 Å². The minimum Gasteiger partial charge on any atom is -0.390 e. The highest BCUT2D eigenvalue weighted by Crippen LogP contribution is 2.30. The summed E-state index contributed by atoms with van der Waals surface area (Å²) in [7, 11) is 0. The van der Waals surface area contributed by atoms with Crippen molar-refractivity contribution in [1.82, 2.24) is 4.90 Å². The van der Waals surface area contributed by atoms with Gasteiger partial charge in [0.1, 0.15) is 6.04 Å². The standard InChI is InChI=1S/C14H13N3O3/c15-8-9-3-5-10(6-4-9)17-13(19)12-11(18)2-1-7-16(12)14(17)20/h3-6,11-12,18H,1-2,7H2/t11-,12-/m0/s1. The van der Waals surface area contributed by atoms with Crippen LogP contribution in [0.5, 0.6) is 0 Å². The van der Waals surface area contributed by atoms with E-state index in [-0.39, 0.29) is 0 Å². The Morgan fingerprint density at radius 1 is 1.25 bits per heavy atom. The SMILES string of the molecule is N#Cc1ccc(N2C(=O)[C@@H]3[C@@H](O)CCCN3C2=O)cc1. The third kappa shape index (κ3) is 1.75. The van der Waals surface area contributed by atoms with Gasteiger partial charge < -0.3 is 10.0 Å². The number of hydrogen-bond acceptors (Lipinski definition) is 4. The topological polar surface area (TPSA) is 84.6 Å². The van der Waals surface area contributed by atoms with E-state index in [2.05, 4.69) is 0 Å². The smallest absolute Gasteiger partial charge is 0.332 e. The third-order valence-electron chi connectivity index (χ3n) is 3.76. The molecular formula is C14H13N3O3. The van der Waals surface area contributed by atoms with Crippen LogP contribution >= 0.6 is 0 Å². The van der Waals surface area contributed by atoms with Crippen molar-refractivity contribution >= 4 is 17.6 Å². The van der Waals surface area contributed by atoms with Gasteiger partial charge >= 0.3 is 6.03 Å². The number of benzene rings is 1. The Morgan fingerprint density at radius 3 is 2.55 bits per heavy atom. The fourth-order valence-electron chi connectivity index (χ4n) is 2.77. The lowest BCUT2D eigenvalue weighted by molar-refractivity contribution is -0.124. The zero-order valence-corrected chi connectivity index (χ0v) is 10.7. The van der Waals surface area contributed by atoms with E-state index in [9.17, 15) is 14.7 Å². The number of aliphatic hydroxyl groups excluding tert-OH is 1. The van der Waals surface area contributed by atoms with Gasteiger partial charge in [0.2, 0.25) is 0 Å². The first-order valence-electron chi connectivity index (χ1n) is 6.46. The van der Waals surface area contributed by atoms with Crippen LogP contribution in [0, 0.1) is 11.3 Å². The molecule has 6 nitrogen and oxygen atoms in total. The minimum absolute atomic E-state index is 0.396. The van der Waals surface area contributed by atoms with Crippen LogP contribution in [-0.2, 0) is 4.79 Å². The summed E-state index contributed by atoms with van der Waals surface area (Å²) >= 11 is 0. The molecule has 2 aliphatic heterocycles. The molecule has 0 bridgehead atoms. The highest BCUT2D eigenvalue weighted by molar-refractivity contribution is 6.21. The number of anilines is 1. The third-order valence-corrected chi connectivity index (χ3v) is 3.76. The Kier molecular flexibility index (Phi) is 2.92. The first-order chi connectivity index (χ1) is 9.63. The molecule has 0 aromatic heterocycles. The first-order valence-corrected chi connectivity index (χ1v) is 6.46. The molecule has 102 valence electrons. The van der Waals surface area contributed by atoms with Crippen LogP contribution in [0.15, 0.2) is 24.3 Å². The predicted octanol–water partition coefficient (Wildman–Crippen LogP) is 0.850. The largest absolute Gasteiger partial charge is 0.390 e. The lowest BCUT2D eigenvalue weighted by Gasteiger charge is -2.30. The molecule has 2 fully saturated rings. The van der Waals surface area contributed by atoms with E-state index in [1.54, 1.807) is 24.3 Å². The average molecular weight is 271 g/mol. The van der Waals surface area contributed by atoms with Crippen LogP contribution < -0.4 is 4.90 Å². The molecule has 3 rings (SSSR count). The normalized spacial score (nSPS) is 25.6. The maximum absolute atomic E-state index is 12.4. The Morgan fingerprint density at radius 2 is 1.95 bits per heavy atom. The van der Waals surface area contributed by atoms with E-state index >= 15 is 0 Å². The van der Waals surface area contributed by atoms with Crippen LogP contribution in [0.1, 0.15) is 18.4 Å². The molecule has 0 aliphatic carbocycles. The summed E-state index contributed by atoms with van der Waals surface area (Å²) in [6.07, 6.45) is 0.419. The number of carbonyl (C=O) groups is 2. The number of piperidine rings is 1. The molecule has 0 saturated carbocycles. The minimum atomic E-state index is -0.802. The number of hydrogen-bond donors (Lipinski definition) is 1. The van der Waals surface area contributed by atoms with E-state index in [1.807, 2.05) is 6.07 Å². The van der Waals surface area contributed by atoms with E-state index in [0.29, 0.717) is 30.6 Å². The fourth-order valence-corrected chi connectivity index (χ4v) is 2.77. The fraction of sp³-hybridized carbons (Fsp3) is 0.357. The number of rotatable bonds is 1. The zero-order chi connectivity index (χ0) is 14.3. The molecule has 2 aliphatic rings. The van der Waals surface area contributed by atoms with E-state index < -0.39 is 24.1 Å². The summed E-state index contributed by atoms with van der Waals surface area (Å²) in [6, 6.07) is 7.07. The van der Waals surface area contributed by atoms with Gasteiger partial charge in [0.15, 0.2) is 0 Å². The van der Waals surface area contributed by atoms with Gasteiger partial charge in [-0.05, 0) is 37.1 Å². The molecule has 3 amide bonds. The van der Waals surface area contributed by atoms with E-state index in [1.165, 1.54) is 4.90 Å². The van der Waals surface area contributed by atoms with Crippen LogP contribution in [0.4, 0.5) is 10.5 Å². The van der Waals surface area contributed by atoms with Gasteiger partial charge in [0.25, 0.3) is 5.91 Å². The molecule has 2 saturated heterocycles. The highest BCUT2D eigenvalue weighted by atomic mass is 16.3. The number of nitrogens with zero attached hydrogens (tertiary/aromatic N) is 3. The second-order valence-electron chi connectivity index (χ2n) is 4.96. The lowest BCUT2D eigenvalue weighted by atomic mass is 10.00. The van der Waals surface area contributed by atoms with Crippen LogP contribution in [-0.4, -0.2) is 40.6 Å². The van der Waals surface area contributed by atoms with Gasteiger partial charge in [-0.15, -0.1) is 0 Å². The first kappa shape index (κ1) is 12.6. The summed E-state index contributed by atoms with van der Waals surface area (Å²) < 4.78 is 0. The second kappa shape index (κ2) is 4.62. The van der Waals surface area contributed by atoms with Crippen molar-refractivity contribution in [2.75, 3.05) is 11.4 Å². The van der Waals surface area contributed by atoms with Crippen LogP contribution in [0.25, 0.3) is 0 Å².